The van der Waals surface area contributed by atoms with E-state index in [4.69, 9.17) is 58.0 Å². The number of allylic oxidation sites excluding steroid dienone is 4. The first kappa shape index (κ1) is 35.8. The molecule has 0 aliphatic carbocycles. The zero-order valence-corrected chi connectivity index (χ0v) is 24.2. The van der Waals surface area contributed by atoms with Crippen LogP contribution in [0, 0.1) is 0 Å². The second-order valence-corrected chi connectivity index (χ2v) is 8.76. The molecule has 0 radical (unpaired) electrons. The van der Waals surface area contributed by atoms with Gasteiger partial charge in [0.2, 0.25) is 15.7 Å². The third kappa shape index (κ3) is 20.4. The smallest absolute Gasteiger partial charge is 0.252 e. The van der Waals surface area contributed by atoms with Gasteiger partial charge in [-0.3, -0.25) is 19.2 Å². The summed E-state index contributed by atoms with van der Waals surface area (Å²) in [7, 11) is 0. The Kier molecular flexibility index (Phi) is 19.9. The molecule has 0 atom stereocenters. The molecule has 0 saturated heterocycles. The van der Waals surface area contributed by atoms with Crippen molar-refractivity contribution in [3.8, 4) is 0 Å². The molecular formula is C30H23Cl5O4. The highest BCUT2D eigenvalue weighted by atomic mass is 35.5. The van der Waals surface area contributed by atoms with E-state index in [0.29, 0.717) is 10.6 Å². The Morgan fingerprint density at radius 2 is 0.974 bits per heavy atom. The molecule has 0 amide bonds. The van der Waals surface area contributed by atoms with Crippen molar-refractivity contribution in [2.75, 3.05) is 0 Å². The topological polar surface area (TPSA) is 68.3 Å². The fourth-order valence-electron chi connectivity index (χ4n) is 2.21. The molecule has 0 aliphatic heterocycles. The molecule has 3 rings (SSSR count). The summed E-state index contributed by atoms with van der Waals surface area (Å²) >= 11 is 25.8. The molecule has 0 fully saturated rings. The molecule has 0 heterocycles. The van der Waals surface area contributed by atoms with Gasteiger partial charge in [0.1, 0.15) is 0 Å². The maximum atomic E-state index is 10.6. The number of halogens is 5. The highest BCUT2D eigenvalue weighted by Gasteiger charge is 2.03. The Morgan fingerprint density at radius 1 is 0.590 bits per heavy atom. The van der Waals surface area contributed by atoms with Crippen LogP contribution in [0.3, 0.4) is 0 Å². The van der Waals surface area contributed by atoms with Gasteiger partial charge < -0.3 is 0 Å². The monoisotopic (exact) mass is 622 g/mol. The lowest BCUT2D eigenvalue weighted by molar-refractivity contribution is -0.108. The van der Waals surface area contributed by atoms with Gasteiger partial charge in [-0.05, 0) is 93.5 Å². The molecule has 0 saturated carbocycles. The first-order chi connectivity index (χ1) is 18.5. The average molecular weight is 625 g/mol. The van der Waals surface area contributed by atoms with E-state index in [-0.39, 0.29) is 0 Å². The van der Waals surface area contributed by atoms with Gasteiger partial charge in [-0.1, -0.05) is 110 Å². The number of carbonyl (C=O) groups is 4. The lowest BCUT2D eigenvalue weighted by atomic mass is 10.1. The van der Waals surface area contributed by atoms with E-state index in [2.05, 4.69) is 13.2 Å². The largest absolute Gasteiger partial charge is 0.276 e. The summed E-state index contributed by atoms with van der Waals surface area (Å²) in [4.78, 5) is 40.7. The molecule has 0 spiro atoms. The molecule has 0 bridgehead atoms. The Labute approximate surface area is 252 Å². The van der Waals surface area contributed by atoms with E-state index in [1.807, 2.05) is 48.5 Å². The minimum Gasteiger partial charge on any atom is -0.276 e. The Bertz CT molecular complexity index is 1280. The van der Waals surface area contributed by atoms with Gasteiger partial charge in [0.05, 0.1) is 0 Å². The van der Waals surface area contributed by atoms with E-state index >= 15 is 0 Å². The standard InChI is InChI=1S/C9H6Cl2O.2C9H7ClO.C3H3ClO/c10-8-4-1-7(2-5-8)3-6-9(11)12;1-7(9(10)11)8-5-3-2-4-6-8;10-9(11)7-6-8-4-2-1-3-5-8;1-2-3(4)5/h1-6H;2-6H,1H2;1-7H;2H,1H2. The number of carbonyl (C=O) groups excluding carboxylic acids is 4. The summed E-state index contributed by atoms with van der Waals surface area (Å²) in [5.41, 5.74) is 2.98. The molecule has 4 nitrogen and oxygen atoms in total. The third-order valence-corrected chi connectivity index (χ3v) is 4.89. The molecule has 9 heteroatoms. The lowest BCUT2D eigenvalue weighted by Gasteiger charge is -1.97. The van der Waals surface area contributed by atoms with Gasteiger partial charge in [0.25, 0.3) is 5.24 Å². The Morgan fingerprint density at radius 3 is 1.33 bits per heavy atom. The van der Waals surface area contributed by atoms with Crippen LogP contribution >= 0.6 is 58.0 Å². The van der Waals surface area contributed by atoms with Crippen molar-refractivity contribution in [3.63, 3.8) is 0 Å². The summed E-state index contributed by atoms with van der Waals surface area (Å²) in [6, 6.07) is 25.8. The maximum Gasteiger partial charge on any atom is 0.252 e. The van der Waals surface area contributed by atoms with Gasteiger partial charge >= 0.3 is 0 Å². The lowest BCUT2D eigenvalue weighted by Crippen LogP contribution is -1.89. The summed E-state index contributed by atoms with van der Waals surface area (Å²) in [5, 5.41) is -1.27. The molecule has 0 aromatic heterocycles. The Balaban J connectivity index is 0.000000512. The number of benzene rings is 3. The van der Waals surface area contributed by atoms with Crippen LogP contribution in [0.15, 0.2) is 116 Å². The van der Waals surface area contributed by atoms with Gasteiger partial charge in [0, 0.05) is 10.6 Å². The van der Waals surface area contributed by atoms with E-state index in [9.17, 15) is 19.2 Å². The zero-order chi connectivity index (χ0) is 29.6. The van der Waals surface area contributed by atoms with Gasteiger partial charge in [-0.2, -0.15) is 0 Å². The van der Waals surface area contributed by atoms with Gasteiger partial charge in [-0.15, -0.1) is 0 Å². The first-order valence-electron chi connectivity index (χ1n) is 10.8. The second kappa shape index (κ2) is 21.7. The summed E-state index contributed by atoms with van der Waals surface area (Å²) in [6.07, 6.45) is 6.98. The van der Waals surface area contributed by atoms with Crippen molar-refractivity contribution in [2.45, 2.75) is 0 Å². The van der Waals surface area contributed by atoms with Crippen LogP contribution in [0.1, 0.15) is 16.7 Å². The van der Waals surface area contributed by atoms with Crippen molar-refractivity contribution in [1.82, 2.24) is 0 Å². The number of hydrogen-bond acceptors (Lipinski definition) is 4. The summed E-state index contributed by atoms with van der Waals surface area (Å²) in [5.74, 6) is 0. The van der Waals surface area contributed by atoms with Gasteiger partial charge in [-0.25, -0.2) is 0 Å². The minimum absolute atomic E-state index is 0.340. The number of hydrogen-bond donors (Lipinski definition) is 0. The molecule has 0 N–H and O–H groups in total. The van der Waals surface area contributed by atoms with Crippen LogP contribution in [-0.2, 0) is 19.2 Å². The Hall–Kier alpha value is -3.25. The fraction of sp³-hybridized carbons (Fsp3) is 0. The normalized spacial score (nSPS) is 9.56. The van der Waals surface area contributed by atoms with Crippen LogP contribution in [0.4, 0.5) is 0 Å². The van der Waals surface area contributed by atoms with E-state index in [0.717, 1.165) is 22.8 Å². The van der Waals surface area contributed by atoms with Crippen LogP contribution < -0.4 is 0 Å². The highest BCUT2D eigenvalue weighted by molar-refractivity contribution is 6.74. The minimum atomic E-state index is -0.509. The summed E-state index contributed by atoms with van der Waals surface area (Å²) < 4.78 is 0. The fourth-order valence-corrected chi connectivity index (χ4v) is 2.58. The molecular weight excluding hydrogens is 602 g/mol. The van der Waals surface area contributed by atoms with E-state index < -0.39 is 21.0 Å². The SMILES string of the molecule is C=C(C(=O)Cl)c1ccccc1.C=CC(=O)Cl.O=C(Cl)C=Cc1ccc(Cl)cc1.O=C(Cl)C=Cc1ccccc1. The first-order valence-corrected chi connectivity index (χ1v) is 12.7. The predicted octanol–water partition coefficient (Wildman–Crippen LogP) is 8.99. The zero-order valence-electron chi connectivity index (χ0n) is 20.4. The third-order valence-electron chi connectivity index (χ3n) is 4.00. The molecule has 39 heavy (non-hydrogen) atoms. The van der Waals surface area contributed by atoms with Crippen LogP contribution in [0.2, 0.25) is 5.02 Å². The second-order valence-electron chi connectivity index (χ2n) is 6.86. The maximum absolute atomic E-state index is 10.6. The van der Waals surface area contributed by atoms with Crippen molar-refractivity contribution in [1.29, 1.82) is 0 Å². The average Bonchev–Trinajstić information content (AvgIpc) is 2.93. The highest BCUT2D eigenvalue weighted by Crippen LogP contribution is 2.13. The molecule has 202 valence electrons. The van der Waals surface area contributed by atoms with Crippen LogP contribution in [-0.4, -0.2) is 21.0 Å². The van der Waals surface area contributed by atoms with Gasteiger partial charge in [0.15, 0.2) is 0 Å². The number of rotatable bonds is 7. The van der Waals surface area contributed by atoms with Crippen molar-refractivity contribution in [2.24, 2.45) is 0 Å². The summed E-state index contributed by atoms with van der Waals surface area (Å²) in [6.45, 7) is 6.62. The quantitative estimate of drug-likeness (QED) is 0.194. The molecule has 3 aromatic rings. The molecule has 0 aliphatic rings. The van der Waals surface area contributed by atoms with Crippen LogP contribution in [0.25, 0.3) is 17.7 Å². The molecule has 3 aromatic carbocycles. The van der Waals surface area contributed by atoms with Crippen molar-refractivity contribution in [3.05, 3.63) is 138 Å². The van der Waals surface area contributed by atoms with E-state index in [1.54, 1.807) is 48.6 Å². The predicted molar refractivity (Wildman–Crippen MR) is 165 cm³/mol. The van der Waals surface area contributed by atoms with E-state index in [1.165, 1.54) is 12.2 Å². The van der Waals surface area contributed by atoms with Crippen LogP contribution in [0.5, 0.6) is 0 Å². The van der Waals surface area contributed by atoms with Crippen molar-refractivity contribution >= 4 is 96.7 Å². The molecule has 0 unspecified atom stereocenters. The van der Waals surface area contributed by atoms with Crippen molar-refractivity contribution < 1.29 is 19.2 Å².